The SMILES string of the molecule is CCC1CN(CCOc2ccccc2C#N)CCO1. The molecule has 102 valence electrons. The Bertz CT molecular complexity index is 442. The van der Waals surface area contributed by atoms with E-state index in [1.54, 1.807) is 6.07 Å². The number of nitriles is 1. The molecule has 0 bridgehead atoms. The van der Waals surface area contributed by atoms with Crippen LogP contribution in [0.15, 0.2) is 24.3 Å². The summed E-state index contributed by atoms with van der Waals surface area (Å²) in [6.07, 6.45) is 1.40. The molecule has 1 saturated heterocycles. The van der Waals surface area contributed by atoms with Gasteiger partial charge in [-0.05, 0) is 18.6 Å². The molecule has 1 heterocycles. The lowest BCUT2D eigenvalue weighted by atomic mass is 10.2. The number of hydrogen-bond acceptors (Lipinski definition) is 4. The fourth-order valence-corrected chi connectivity index (χ4v) is 2.20. The normalized spacial score (nSPS) is 19.9. The van der Waals surface area contributed by atoms with E-state index < -0.39 is 0 Å². The highest BCUT2D eigenvalue weighted by molar-refractivity contribution is 5.42. The molecule has 4 heteroatoms. The second-order valence-corrected chi connectivity index (χ2v) is 4.66. The molecular weight excluding hydrogens is 240 g/mol. The maximum absolute atomic E-state index is 8.98. The van der Waals surface area contributed by atoms with Crippen molar-refractivity contribution in [3.05, 3.63) is 29.8 Å². The van der Waals surface area contributed by atoms with Gasteiger partial charge >= 0.3 is 0 Å². The molecule has 19 heavy (non-hydrogen) atoms. The lowest BCUT2D eigenvalue weighted by Gasteiger charge is -2.32. The molecule has 0 radical (unpaired) electrons. The summed E-state index contributed by atoms with van der Waals surface area (Å²) in [6, 6.07) is 9.49. The molecule has 0 aliphatic carbocycles. The maximum Gasteiger partial charge on any atom is 0.137 e. The lowest BCUT2D eigenvalue weighted by Crippen LogP contribution is -2.43. The molecule has 0 N–H and O–H groups in total. The first-order valence-corrected chi connectivity index (χ1v) is 6.79. The fraction of sp³-hybridized carbons (Fsp3) is 0.533. The third-order valence-corrected chi connectivity index (χ3v) is 3.35. The molecule has 2 rings (SSSR count). The van der Waals surface area contributed by atoms with Gasteiger partial charge < -0.3 is 9.47 Å². The molecule has 1 aliphatic rings. The highest BCUT2D eigenvalue weighted by atomic mass is 16.5. The number of para-hydroxylation sites is 1. The van der Waals surface area contributed by atoms with Gasteiger partial charge in [0.15, 0.2) is 0 Å². The Hall–Kier alpha value is -1.57. The van der Waals surface area contributed by atoms with Crippen molar-refractivity contribution in [2.75, 3.05) is 32.8 Å². The van der Waals surface area contributed by atoms with Crippen LogP contribution in [-0.2, 0) is 4.74 Å². The van der Waals surface area contributed by atoms with E-state index in [0.29, 0.717) is 24.0 Å². The summed E-state index contributed by atoms with van der Waals surface area (Å²) in [5.41, 5.74) is 0.593. The van der Waals surface area contributed by atoms with Crippen molar-refractivity contribution >= 4 is 0 Å². The van der Waals surface area contributed by atoms with E-state index in [1.807, 2.05) is 18.2 Å². The van der Waals surface area contributed by atoms with Crippen molar-refractivity contribution in [2.24, 2.45) is 0 Å². The van der Waals surface area contributed by atoms with Crippen molar-refractivity contribution in [1.82, 2.24) is 4.90 Å². The molecule has 1 aromatic rings. The number of rotatable bonds is 5. The van der Waals surface area contributed by atoms with E-state index in [2.05, 4.69) is 17.9 Å². The number of hydrogen-bond donors (Lipinski definition) is 0. The van der Waals surface area contributed by atoms with Gasteiger partial charge in [-0.2, -0.15) is 5.26 Å². The summed E-state index contributed by atoms with van der Waals surface area (Å²) in [5, 5.41) is 8.98. The highest BCUT2D eigenvalue weighted by Gasteiger charge is 2.18. The molecule has 1 fully saturated rings. The van der Waals surface area contributed by atoms with Crippen LogP contribution in [0, 0.1) is 11.3 Å². The first kappa shape index (κ1) is 13.9. The van der Waals surface area contributed by atoms with Crippen LogP contribution in [0.4, 0.5) is 0 Å². The van der Waals surface area contributed by atoms with E-state index in [0.717, 1.165) is 32.7 Å². The van der Waals surface area contributed by atoms with Crippen LogP contribution in [0.25, 0.3) is 0 Å². The van der Waals surface area contributed by atoms with E-state index in [-0.39, 0.29) is 0 Å². The van der Waals surface area contributed by atoms with Crippen molar-refractivity contribution in [1.29, 1.82) is 5.26 Å². The first-order chi connectivity index (χ1) is 9.33. The largest absolute Gasteiger partial charge is 0.491 e. The standard InChI is InChI=1S/C15H20N2O2/c1-2-14-12-17(7-9-18-14)8-10-19-15-6-4-3-5-13(15)11-16/h3-6,14H,2,7-10,12H2,1H3. The van der Waals surface area contributed by atoms with Crippen LogP contribution < -0.4 is 4.74 Å². The average Bonchev–Trinajstić information content (AvgIpc) is 2.48. The highest BCUT2D eigenvalue weighted by Crippen LogP contribution is 2.16. The molecule has 0 amide bonds. The van der Waals surface area contributed by atoms with E-state index >= 15 is 0 Å². The zero-order valence-electron chi connectivity index (χ0n) is 11.3. The van der Waals surface area contributed by atoms with Crippen molar-refractivity contribution < 1.29 is 9.47 Å². The number of ether oxygens (including phenoxy) is 2. The summed E-state index contributed by atoms with van der Waals surface area (Å²) < 4.78 is 11.3. The summed E-state index contributed by atoms with van der Waals surface area (Å²) >= 11 is 0. The minimum Gasteiger partial charge on any atom is -0.491 e. The number of morpholine rings is 1. The van der Waals surface area contributed by atoms with Gasteiger partial charge in [0.2, 0.25) is 0 Å². The fourth-order valence-electron chi connectivity index (χ4n) is 2.20. The van der Waals surface area contributed by atoms with Gasteiger partial charge in [-0.3, -0.25) is 4.90 Å². The number of nitrogens with zero attached hydrogens (tertiary/aromatic N) is 2. The van der Waals surface area contributed by atoms with Gasteiger partial charge in [0, 0.05) is 19.6 Å². The second-order valence-electron chi connectivity index (χ2n) is 4.66. The van der Waals surface area contributed by atoms with Crippen LogP contribution in [0.2, 0.25) is 0 Å². The van der Waals surface area contributed by atoms with Crippen LogP contribution in [0.5, 0.6) is 5.75 Å². The zero-order chi connectivity index (χ0) is 13.5. The van der Waals surface area contributed by atoms with Crippen LogP contribution in [-0.4, -0.2) is 43.9 Å². The first-order valence-electron chi connectivity index (χ1n) is 6.79. The van der Waals surface area contributed by atoms with Crippen molar-refractivity contribution in [3.63, 3.8) is 0 Å². The monoisotopic (exact) mass is 260 g/mol. The summed E-state index contributed by atoms with van der Waals surface area (Å²) in [6.45, 7) is 6.36. The second kappa shape index (κ2) is 7.13. The minimum absolute atomic E-state index is 0.347. The zero-order valence-corrected chi connectivity index (χ0v) is 11.3. The Labute approximate surface area is 114 Å². The van der Waals surface area contributed by atoms with E-state index in [4.69, 9.17) is 14.7 Å². The van der Waals surface area contributed by atoms with Gasteiger partial charge in [-0.15, -0.1) is 0 Å². The Kier molecular flexibility index (Phi) is 5.20. The molecule has 0 aromatic heterocycles. The van der Waals surface area contributed by atoms with Gasteiger partial charge in [0.1, 0.15) is 18.4 Å². The molecule has 1 unspecified atom stereocenters. The van der Waals surface area contributed by atoms with Crippen LogP contribution in [0.1, 0.15) is 18.9 Å². The summed E-state index contributed by atoms with van der Waals surface area (Å²) in [5.74, 6) is 0.672. The smallest absolute Gasteiger partial charge is 0.137 e. The summed E-state index contributed by atoms with van der Waals surface area (Å²) in [7, 11) is 0. The third kappa shape index (κ3) is 3.95. The molecule has 1 aromatic carbocycles. The Morgan fingerprint density at radius 1 is 1.47 bits per heavy atom. The number of benzene rings is 1. The minimum atomic E-state index is 0.347. The molecule has 0 saturated carbocycles. The Morgan fingerprint density at radius 2 is 2.32 bits per heavy atom. The molecule has 0 spiro atoms. The van der Waals surface area contributed by atoms with Crippen LogP contribution >= 0.6 is 0 Å². The van der Waals surface area contributed by atoms with Gasteiger partial charge in [-0.1, -0.05) is 19.1 Å². The van der Waals surface area contributed by atoms with Crippen molar-refractivity contribution in [2.45, 2.75) is 19.4 Å². The van der Waals surface area contributed by atoms with Crippen LogP contribution in [0.3, 0.4) is 0 Å². The summed E-state index contributed by atoms with van der Waals surface area (Å²) in [4.78, 5) is 2.35. The van der Waals surface area contributed by atoms with Gasteiger partial charge in [-0.25, -0.2) is 0 Å². The Morgan fingerprint density at radius 3 is 3.11 bits per heavy atom. The molecule has 1 atom stereocenters. The predicted molar refractivity (Wildman–Crippen MR) is 73.1 cm³/mol. The average molecular weight is 260 g/mol. The predicted octanol–water partition coefficient (Wildman–Crippen LogP) is 2.05. The quantitative estimate of drug-likeness (QED) is 0.813. The lowest BCUT2D eigenvalue weighted by molar-refractivity contribution is -0.0324. The van der Waals surface area contributed by atoms with Gasteiger partial charge in [0.05, 0.1) is 18.3 Å². The van der Waals surface area contributed by atoms with E-state index in [1.165, 1.54) is 0 Å². The molecule has 1 aliphatic heterocycles. The third-order valence-electron chi connectivity index (χ3n) is 3.35. The van der Waals surface area contributed by atoms with Crippen molar-refractivity contribution in [3.8, 4) is 11.8 Å². The molecular formula is C15H20N2O2. The molecule has 4 nitrogen and oxygen atoms in total. The topological polar surface area (TPSA) is 45.5 Å². The maximum atomic E-state index is 8.98. The Balaban J connectivity index is 1.79. The van der Waals surface area contributed by atoms with E-state index in [9.17, 15) is 0 Å². The van der Waals surface area contributed by atoms with Gasteiger partial charge in [0.25, 0.3) is 0 Å².